The molecule has 3 N–H and O–H groups in total. The minimum atomic E-state index is -4.43. The Balaban J connectivity index is 1.55. The van der Waals surface area contributed by atoms with Crippen LogP contribution < -0.4 is 20.1 Å². The van der Waals surface area contributed by atoms with Crippen LogP contribution in [0.5, 0.6) is 5.75 Å². The van der Waals surface area contributed by atoms with Crippen LogP contribution in [0.4, 0.5) is 0 Å². The third-order valence-corrected chi connectivity index (χ3v) is 7.04. The molecule has 0 bridgehead atoms. The number of benzene rings is 2. The molecule has 0 radical (unpaired) electrons. The van der Waals surface area contributed by atoms with Crippen molar-refractivity contribution in [1.82, 2.24) is 20.3 Å². The molecular formula is C27H27ClN4O8S. The number of pyridine rings is 1. The lowest BCUT2D eigenvalue weighted by Crippen LogP contribution is -2.32. The molecule has 0 aliphatic carbocycles. The van der Waals surface area contributed by atoms with Crippen molar-refractivity contribution >= 4 is 45.3 Å². The Kier molecular flexibility index (Phi) is 11.2. The first-order valence-corrected chi connectivity index (χ1v) is 14.2. The second-order valence-corrected chi connectivity index (χ2v) is 10.4. The molecule has 0 aliphatic rings. The summed E-state index contributed by atoms with van der Waals surface area (Å²) >= 11 is 6.14. The van der Waals surface area contributed by atoms with Crippen LogP contribution in [0.25, 0.3) is 0 Å². The van der Waals surface area contributed by atoms with Crippen molar-refractivity contribution in [2.75, 3.05) is 26.3 Å². The van der Waals surface area contributed by atoms with Crippen LogP contribution in [0.3, 0.4) is 0 Å². The summed E-state index contributed by atoms with van der Waals surface area (Å²) in [6.07, 6.45) is 1.65. The molecule has 41 heavy (non-hydrogen) atoms. The van der Waals surface area contributed by atoms with Gasteiger partial charge in [-0.15, -0.1) is 0 Å². The predicted octanol–water partition coefficient (Wildman–Crippen LogP) is 2.35. The fraction of sp³-hybridized carbons (Fsp3) is 0.222. The van der Waals surface area contributed by atoms with E-state index < -0.39 is 38.6 Å². The van der Waals surface area contributed by atoms with E-state index in [9.17, 15) is 27.6 Å². The number of para-hydroxylation sites is 1. The summed E-state index contributed by atoms with van der Waals surface area (Å²) in [6, 6.07) is 15.0. The summed E-state index contributed by atoms with van der Waals surface area (Å²) in [5, 5.41) is 4.70. The lowest BCUT2D eigenvalue weighted by molar-refractivity contribution is -0.142. The van der Waals surface area contributed by atoms with Gasteiger partial charge < -0.3 is 20.1 Å². The molecule has 2 aromatic carbocycles. The van der Waals surface area contributed by atoms with Gasteiger partial charge in [-0.1, -0.05) is 36.7 Å². The number of carbonyl (C=O) groups is 4. The number of sulfonamides is 1. The summed E-state index contributed by atoms with van der Waals surface area (Å²) in [5.74, 6) is -2.16. The number of nitrogens with zero attached hydrogens (tertiary/aromatic N) is 1. The molecule has 0 fully saturated rings. The molecule has 3 aromatic rings. The monoisotopic (exact) mass is 602 g/mol. The number of halogens is 1. The van der Waals surface area contributed by atoms with Crippen LogP contribution >= 0.6 is 11.6 Å². The van der Waals surface area contributed by atoms with E-state index in [0.29, 0.717) is 12.2 Å². The van der Waals surface area contributed by atoms with E-state index in [-0.39, 0.29) is 48.1 Å². The highest BCUT2D eigenvalue weighted by atomic mass is 35.5. The topological polar surface area (TPSA) is 170 Å². The molecule has 14 heteroatoms. The molecule has 0 aliphatic heterocycles. The average molecular weight is 603 g/mol. The molecule has 0 atom stereocenters. The Labute approximate surface area is 241 Å². The fourth-order valence-corrected chi connectivity index (χ4v) is 4.74. The number of hydrogen-bond acceptors (Lipinski definition) is 9. The zero-order chi connectivity index (χ0) is 29.8. The fourth-order valence-electron chi connectivity index (χ4n) is 3.22. The van der Waals surface area contributed by atoms with Gasteiger partial charge in [0.1, 0.15) is 29.5 Å². The van der Waals surface area contributed by atoms with E-state index >= 15 is 0 Å². The molecule has 0 saturated carbocycles. The number of nitrogens with one attached hydrogen (secondary N) is 3. The maximum atomic E-state index is 12.8. The largest absolute Gasteiger partial charge is 0.492 e. The first kappa shape index (κ1) is 31.0. The Morgan fingerprint density at radius 1 is 0.878 bits per heavy atom. The molecule has 216 valence electrons. The molecule has 3 amide bonds. The van der Waals surface area contributed by atoms with E-state index in [4.69, 9.17) is 21.1 Å². The summed E-state index contributed by atoms with van der Waals surface area (Å²) in [5.41, 5.74) is -0.148. The Morgan fingerprint density at radius 2 is 1.61 bits per heavy atom. The molecule has 0 unspecified atom stereocenters. The van der Waals surface area contributed by atoms with Gasteiger partial charge in [-0.3, -0.25) is 24.2 Å². The minimum Gasteiger partial charge on any atom is -0.492 e. The summed E-state index contributed by atoms with van der Waals surface area (Å²) < 4.78 is 37.8. The van der Waals surface area contributed by atoms with Gasteiger partial charge in [-0.25, -0.2) is 13.1 Å². The lowest BCUT2D eigenvalue weighted by atomic mass is 10.2. The number of rotatable bonds is 13. The molecule has 0 spiro atoms. The van der Waals surface area contributed by atoms with E-state index in [0.717, 1.165) is 12.3 Å². The van der Waals surface area contributed by atoms with Crippen molar-refractivity contribution < 1.29 is 37.1 Å². The van der Waals surface area contributed by atoms with Crippen LogP contribution in [-0.4, -0.2) is 63.4 Å². The van der Waals surface area contributed by atoms with Crippen LogP contribution in [0.1, 0.15) is 44.5 Å². The van der Waals surface area contributed by atoms with Gasteiger partial charge in [-0.05, 0) is 48.9 Å². The summed E-state index contributed by atoms with van der Waals surface area (Å²) in [6.45, 7) is 2.12. The highest BCUT2D eigenvalue weighted by Gasteiger charge is 2.23. The number of esters is 1. The van der Waals surface area contributed by atoms with Crippen LogP contribution in [0, 0.1) is 0 Å². The number of aromatic nitrogens is 1. The first-order valence-electron chi connectivity index (χ1n) is 12.3. The number of amides is 3. The molecule has 3 rings (SSSR count). The van der Waals surface area contributed by atoms with Gasteiger partial charge >= 0.3 is 5.97 Å². The molecular weight excluding hydrogens is 576 g/mol. The van der Waals surface area contributed by atoms with Crippen LogP contribution in [0.15, 0.2) is 71.8 Å². The van der Waals surface area contributed by atoms with Gasteiger partial charge in [0.05, 0.1) is 23.7 Å². The summed E-state index contributed by atoms with van der Waals surface area (Å²) in [7, 11) is -4.43. The number of carbonyl (C=O) groups excluding carboxylic acids is 4. The predicted molar refractivity (Wildman–Crippen MR) is 148 cm³/mol. The second-order valence-electron chi connectivity index (χ2n) is 8.33. The maximum Gasteiger partial charge on any atom is 0.325 e. The first-order chi connectivity index (χ1) is 19.6. The van der Waals surface area contributed by atoms with E-state index in [2.05, 4.69) is 15.6 Å². The van der Waals surface area contributed by atoms with Crippen molar-refractivity contribution in [2.45, 2.75) is 18.2 Å². The highest BCUT2D eigenvalue weighted by molar-refractivity contribution is 7.90. The van der Waals surface area contributed by atoms with Crippen molar-refractivity contribution in [2.24, 2.45) is 0 Å². The third-order valence-electron chi connectivity index (χ3n) is 5.23. The van der Waals surface area contributed by atoms with Crippen molar-refractivity contribution in [3.05, 3.63) is 88.7 Å². The van der Waals surface area contributed by atoms with Crippen LogP contribution in [-0.2, 0) is 19.6 Å². The van der Waals surface area contributed by atoms with E-state index in [1.807, 2.05) is 29.8 Å². The Hall–Kier alpha value is -4.49. The molecule has 1 aromatic heterocycles. The molecule has 0 saturated heterocycles. The quantitative estimate of drug-likeness (QED) is 0.196. The minimum absolute atomic E-state index is 0.101. The van der Waals surface area contributed by atoms with E-state index in [1.54, 1.807) is 12.1 Å². The van der Waals surface area contributed by atoms with Gasteiger partial charge in [0.2, 0.25) is 0 Å². The van der Waals surface area contributed by atoms with Crippen LogP contribution in [0.2, 0.25) is 5.02 Å². The average Bonchev–Trinajstić information content (AvgIpc) is 2.97. The molecule has 12 nitrogen and oxygen atoms in total. The standard InChI is InChI=1S/C27H27ClN4O8S/c1-2-13-40-24(33)17-31-27(36)22-10-8-19(16-30-22)26(35)32-41(37,38)23-11-9-18(15-21(23)28)25(34)29-12-14-39-20-6-4-3-5-7-20/h3-11,15-16H,2,12-14,17H2,1H3,(H,29,34)(H,31,36)(H,32,35). The molecule has 1 heterocycles. The van der Waals surface area contributed by atoms with Gasteiger partial charge in [0.15, 0.2) is 0 Å². The number of ether oxygens (including phenoxy) is 2. The summed E-state index contributed by atoms with van der Waals surface area (Å²) in [4.78, 5) is 52.0. The van der Waals surface area contributed by atoms with Crippen molar-refractivity contribution in [3.8, 4) is 5.75 Å². The lowest BCUT2D eigenvalue weighted by Gasteiger charge is -2.11. The smallest absolute Gasteiger partial charge is 0.325 e. The zero-order valence-corrected chi connectivity index (χ0v) is 23.5. The van der Waals surface area contributed by atoms with Gasteiger partial charge in [0, 0.05) is 11.8 Å². The maximum absolute atomic E-state index is 12.8. The number of hydrogen-bond donors (Lipinski definition) is 3. The SMILES string of the molecule is CCCOC(=O)CNC(=O)c1ccc(C(=O)NS(=O)(=O)c2ccc(C(=O)NCCOc3ccccc3)cc2Cl)cn1. The highest BCUT2D eigenvalue weighted by Crippen LogP contribution is 2.23. The second kappa shape index (κ2) is 14.8. The van der Waals surface area contributed by atoms with Crippen molar-refractivity contribution in [3.63, 3.8) is 0 Å². The van der Waals surface area contributed by atoms with Crippen molar-refractivity contribution in [1.29, 1.82) is 0 Å². The van der Waals surface area contributed by atoms with Gasteiger partial charge in [-0.2, -0.15) is 0 Å². The Morgan fingerprint density at radius 3 is 2.27 bits per heavy atom. The van der Waals surface area contributed by atoms with E-state index in [1.165, 1.54) is 24.3 Å². The zero-order valence-electron chi connectivity index (χ0n) is 21.9. The third kappa shape index (κ3) is 9.29. The Bertz CT molecular complexity index is 1500. The van der Waals surface area contributed by atoms with Gasteiger partial charge in [0.25, 0.3) is 27.7 Å². The normalized spacial score (nSPS) is 10.8.